The molecule has 160 valence electrons. The lowest BCUT2D eigenvalue weighted by Gasteiger charge is -2.22. The smallest absolute Gasteiger partial charge is 0.330 e. The lowest BCUT2D eigenvalue weighted by atomic mass is 9.84. The third kappa shape index (κ3) is 6.42. The van der Waals surface area contributed by atoms with Crippen LogP contribution in [0.1, 0.15) is 63.4 Å². The van der Waals surface area contributed by atoms with Gasteiger partial charge in [-0.3, -0.25) is 14.4 Å². The maximum Gasteiger partial charge on any atom is 0.330 e. The van der Waals surface area contributed by atoms with Crippen LogP contribution in [0.2, 0.25) is 0 Å². The molecule has 1 aromatic carbocycles. The number of hydrogen-bond acceptors (Lipinski definition) is 4. The molecular formula is C22H28F2O5. The van der Waals surface area contributed by atoms with Crippen LogP contribution < -0.4 is 0 Å². The summed E-state index contributed by atoms with van der Waals surface area (Å²) in [5.41, 5.74) is -0.356. The quantitative estimate of drug-likeness (QED) is 0.506. The first-order chi connectivity index (χ1) is 13.7. The van der Waals surface area contributed by atoms with Gasteiger partial charge >= 0.3 is 11.9 Å². The third-order valence-electron chi connectivity index (χ3n) is 5.68. The Balaban J connectivity index is 1.86. The largest absolute Gasteiger partial charge is 0.481 e. The summed E-state index contributed by atoms with van der Waals surface area (Å²) >= 11 is 0. The molecule has 7 heteroatoms. The average Bonchev–Trinajstić information content (AvgIpc) is 2.95. The number of aliphatic carboxylic acids is 1. The summed E-state index contributed by atoms with van der Waals surface area (Å²) in [7, 11) is 0. The van der Waals surface area contributed by atoms with Crippen LogP contribution in [0.4, 0.5) is 8.78 Å². The van der Waals surface area contributed by atoms with Gasteiger partial charge < -0.3 is 10.2 Å². The lowest BCUT2D eigenvalue weighted by Crippen LogP contribution is -2.28. The van der Waals surface area contributed by atoms with Gasteiger partial charge in [-0.15, -0.1) is 0 Å². The molecule has 2 rings (SSSR count). The van der Waals surface area contributed by atoms with Gasteiger partial charge in [0.15, 0.2) is 0 Å². The Morgan fingerprint density at radius 3 is 2.31 bits per heavy atom. The Labute approximate surface area is 169 Å². The summed E-state index contributed by atoms with van der Waals surface area (Å²) in [6.07, 6.45) is 2.17. The molecule has 0 spiro atoms. The van der Waals surface area contributed by atoms with Crippen molar-refractivity contribution in [2.75, 3.05) is 0 Å². The molecular weight excluding hydrogens is 382 g/mol. The second kappa shape index (κ2) is 10.6. The number of ketones is 2. The zero-order valence-electron chi connectivity index (χ0n) is 16.4. The SMILES string of the molecule is O=C(O)CCCCCC[C@H]1C(=O)C[C@@H](O)[C@@H]1CCC(=O)C(F)(F)c1ccccc1. The molecule has 0 aromatic heterocycles. The summed E-state index contributed by atoms with van der Waals surface area (Å²) in [4.78, 5) is 34.8. The van der Waals surface area contributed by atoms with Gasteiger partial charge in [0.1, 0.15) is 5.78 Å². The van der Waals surface area contributed by atoms with Gasteiger partial charge in [0.25, 0.3) is 0 Å². The van der Waals surface area contributed by atoms with Crippen LogP contribution in [-0.2, 0) is 20.3 Å². The normalized spacial score (nSPS) is 22.0. The van der Waals surface area contributed by atoms with Crippen molar-refractivity contribution in [1.29, 1.82) is 0 Å². The molecule has 3 atom stereocenters. The number of carbonyl (C=O) groups is 3. The minimum Gasteiger partial charge on any atom is -0.481 e. The van der Waals surface area contributed by atoms with E-state index in [-0.39, 0.29) is 30.6 Å². The molecule has 2 N–H and O–H groups in total. The van der Waals surface area contributed by atoms with Crippen LogP contribution in [0.3, 0.4) is 0 Å². The van der Waals surface area contributed by atoms with Crippen molar-refractivity contribution in [3.8, 4) is 0 Å². The maximum atomic E-state index is 14.4. The number of carbonyl (C=O) groups excluding carboxylic acids is 2. The zero-order valence-corrected chi connectivity index (χ0v) is 16.4. The van der Waals surface area contributed by atoms with Crippen LogP contribution in [0, 0.1) is 11.8 Å². The van der Waals surface area contributed by atoms with Gasteiger partial charge in [0.2, 0.25) is 5.78 Å². The van der Waals surface area contributed by atoms with Gasteiger partial charge in [-0.05, 0) is 25.2 Å². The topological polar surface area (TPSA) is 91.7 Å². The number of rotatable bonds is 12. The Bertz CT molecular complexity index is 704. The van der Waals surface area contributed by atoms with E-state index in [0.29, 0.717) is 19.3 Å². The number of hydrogen-bond donors (Lipinski definition) is 2. The number of Topliss-reactive ketones (excluding diaryl/α,β-unsaturated/α-hetero) is 2. The van der Waals surface area contributed by atoms with Crippen molar-refractivity contribution in [1.82, 2.24) is 0 Å². The highest BCUT2D eigenvalue weighted by atomic mass is 19.3. The average molecular weight is 410 g/mol. The number of halogens is 2. The Morgan fingerprint density at radius 1 is 1.00 bits per heavy atom. The number of alkyl halides is 2. The van der Waals surface area contributed by atoms with Crippen molar-refractivity contribution in [2.45, 2.75) is 69.8 Å². The molecule has 1 aromatic rings. The van der Waals surface area contributed by atoms with Crippen LogP contribution in [0.15, 0.2) is 30.3 Å². The van der Waals surface area contributed by atoms with Crippen molar-refractivity contribution >= 4 is 17.5 Å². The number of aliphatic hydroxyl groups is 1. The summed E-state index contributed by atoms with van der Waals surface area (Å²) in [6.45, 7) is 0. The van der Waals surface area contributed by atoms with E-state index in [0.717, 1.165) is 12.8 Å². The predicted molar refractivity (Wildman–Crippen MR) is 103 cm³/mol. The van der Waals surface area contributed by atoms with Crippen molar-refractivity contribution in [2.24, 2.45) is 11.8 Å². The second-order valence-electron chi connectivity index (χ2n) is 7.76. The van der Waals surface area contributed by atoms with E-state index in [2.05, 4.69) is 0 Å². The first-order valence-corrected chi connectivity index (χ1v) is 10.1. The monoisotopic (exact) mass is 410 g/mol. The Hall–Kier alpha value is -2.15. The first-order valence-electron chi connectivity index (χ1n) is 10.1. The Morgan fingerprint density at radius 2 is 1.66 bits per heavy atom. The number of benzene rings is 1. The fraction of sp³-hybridized carbons (Fsp3) is 0.591. The minimum absolute atomic E-state index is 0.00236. The van der Waals surface area contributed by atoms with E-state index in [1.807, 2.05) is 0 Å². The van der Waals surface area contributed by atoms with E-state index in [1.165, 1.54) is 24.3 Å². The molecule has 5 nitrogen and oxygen atoms in total. The number of carboxylic acid groups (broad SMARTS) is 1. The minimum atomic E-state index is -3.59. The molecule has 0 aliphatic heterocycles. The highest BCUT2D eigenvalue weighted by Crippen LogP contribution is 2.38. The summed E-state index contributed by atoms with van der Waals surface area (Å²) in [6, 6.07) is 6.90. The van der Waals surface area contributed by atoms with Crippen LogP contribution in [0.5, 0.6) is 0 Å². The molecule has 0 unspecified atom stereocenters. The van der Waals surface area contributed by atoms with Crippen molar-refractivity contribution in [3.05, 3.63) is 35.9 Å². The van der Waals surface area contributed by atoms with Gasteiger partial charge in [-0.25, -0.2) is 0 Å². The first kappa shape index (κ1) is 23.1. The van der Waals surface area contributed by atoms with Crippen LogP contribution in [0.25, 0.3) is 0 Å². The summed E-state index contributed by atoms with van der Waals surface area (Å²) in [5, 5.41) is 18.8. The van der Waals surface area contributed by atoms with Crippen LogP contribution in [-0.4, -0.2) is 33.9 Å². The molecule has 0 heterocycles. The zero-order chi connectivity index (χ0) is 21.4. The van der Waals surface area contributed by atoms with Gasteiger partial charge in [0.05, 0.1) is 6.10 Å². The molecule has 0 saturated heterocycles. The molecule has 1 saturated carbocycles. The predicted octanol–water partition coefficient (Wildman–Crippen LogP) is 4.12. The fourth-order valence-corrected chi connectivity index (χ4v) is 4.04. The van der Waals surface area contributed by atoms with Gasteiger partial charge in [0, 0.05) is 30.7 Å². The molecule has 29 heavy (non-hydrogen) atoms. The molecule has 0 bridgehead atoms. The number of unbranched alkanes of at least 4 members (excludes halogenated alkanes) is 3. The maximum absolute atomic E-state index is 14.4. The Kier molecular flexibility index (Phi) is 8.44. The third-order valence-corrected chi connectivity index (χ3v) is 5.68. The number of aliphatic hydroxyl groups excluding tert-OH is 1. The van der Waals surface area contributed by atoms with Crippen LogP contribution >= 0.6 is 0 Å². The standard InChI is InChI=1S/C22H28F2O5/c23-22(24,15-8-4-3-5-9-15)20(27)13-12-17-16(18(25)14-19(17)26)10-6-1-2-7-11-21(28)29/h3-5,8-9,16-17,19,26H,1-2,6-7,10-14H2,(H,28,29)/t16-,17-,19-/m1/s1. The van der Waals surface area contributed by atoms with E-state index in [1.54, 1.807) is 6.07 Å². The van der Waals surface area contributed by atoms with E-state index >= 15 is 0 Å². The second-order valence-corrected chi connectivity index (χ2v) is 7.76. The van der Waals surface area contributed by atoms with Gasteiger partial charge in [-0.2, -0.15) is 8.78 Å². The summed E-state index contributed by atoms with van der Waals surface area (Å²) in [5.74, 6) is -6.64. The van der Waals surface area contributed by atoms with Crippen molar-refractivity contribution < 1.29 is 33.4 Å². The van der Waals surface area contributed by atoms with E-state index in [4.69, 9.17) is 5.11 Å². The van der Waals surface area contributed by atoms with E-state index < -0.39 is 42.0 Å². The molecule has 1 aliphatic carbocycles. The molecule has 0 radical (unpaired) electrons. The molecule has 1 fully saturated rings. The fourth-order valence-electron chi connectivity index (χ4n) is 4.04. The highest BCUT2D eigenvalue weighted by Gasteiger charge is 2.44. The van der Waals surface area contributed by atoms with E-state index in [9.17, 15) is 28.3 Å². The number of carboxylic acids is 1. The van der Waals surface area contributed by atoms with Crippen molar-refractivity contribution in [3.63, 3.8) is 0 Å². The lowest BCUT2D eigenvalue weighted by molar-refractivity contribution is -0.145. The highest BCUT2D eigenvalue weighted by molar-refractivity contribution is 5.87. The van der Waals surface area contributed by atoms with Gasteiger partial charge in [-0.1, -0.05) is 49.6 Å². The molecule has 0 amide bonds. The summed E-state index contributed by atoms with van der Waals surface area (Å²) < 4.78 is 28.7. The molecule has 1 aliphatic rings.